The second-order valence-electron chi connectivity index (χ2n) is 4.56. The normalized spacial score (nSPS) is 9.75. The van der Waals surface area contributed by atoms with Gasteiger partial charge in [-0.05, 0) is 24.6 Å². The molecule has 0 unspecified atom stereocenters. The van der Waals surface area contributed by atoms with Gasteiger partial charge in [-0.1, -0.05) is 38.0 Å². The van der Waals surface area contributed by atoms with E-state index in [4.69, 9.17) is 5.73 Å². The summed E-state index contributed by atoms with van der Waals surface area (Å²) in [5.74, 6) is 4.78. The van der Waals surface area contributed by atoms with Crippen LogP contribution in [0.5, 0.6) is 0 Å². The van der Waals surface area contributed by atoms with Gasteiger partial charge in [0.15, 0.2) is 0 Å². The van der Waals surface area contributed by atoms with Crippen LogP contribution in [-0.4, -0.2) is 12.5 Å². The van der Waals surface area contributed by atoms with E-state index in [-0.39, 0.29) is 18.0 Å². The number of hydrogen-bond acceptors (Lipinski definition) is 2. The van der Waals surface area contributed by atoms with Crippen LogP contribution in [0.25, 0.3) is 0 Å². The summed E-state index contributed by atoms with van der Waals surface area (Å²) in [4.78, 5) is 11.7. The van der Waals surface area contributed by atoms with Gasteiger partial charge >= 0.3 is 0 Å². The third-order valence-electron chi connectivity index (χ3n) is 2.83. The summed E-state index contributed by atoms with van der Waals surface area (Å²) >= 11 is 0. The molecule has 0 aliphatic rings. The first kappa shape index (κ1) is 16.2. The number of unbranched alkanes of at least 4 members (excludes halogenated alkanes) is 3. The summed E-state index contributed by atoms with van der Waals surface area (Å²) < 4.78 is 13.5. The predicted octanol–water partition coefficient (Wildman–Crippen LogP) is 3.04. The molecule has 0 aliphatic carbocycles. The molecule has 1 amide bonds. The Kier molecular flexibility index (Phi) is 7.38. The van der Waals surface area contributed by atoms with Crippen LogP contribution in [0.1, 0.15) is 44.6 Å². The van der Waals surface area contributed by atoms with Crippen LogP contribution in [0.2, 0.25) is 0 Å². The van der Waals surface area contributed by atoms with Gasteiger partial charge in [-0.2, -0.15) is 0 Å². The molecule has 0 radical (unpaired) electrons. The first-order valence-corrected chi connectivity index (χ1v) is 6.95. The van der Waals surface area contributed by atoms with E-state index in [2.05, 4.69) is 24.1 Å². The number of carbonyl (C=O) groups is 1. The number of anilines is 1. The average Bonchev–Trinajstić information content (AvgIpc) is 2.44. The zero-order valence-corrected chi connectivity index (χ0v) is 11.8. The van der Waals surface area contributed by atoms with Crippen molar-refractivity contribution in [3.05, 3.63) is 29.6 Å². The number of benzene rings is 1. The molecule has 3 nitrogen and oxygen atoms in total. The Bertz CT molecular complexity index is 503. The van der Waals surface area contributed by atoms with Crippen molar-refractivity contribution < 1.29 is 9.18 Å². The lowest BCUT2D eigenvalue weighted by atomic mass is 10.1. The second-order valence-corrected chi connectivity index (χ2v) is 4.56. The third kappa shape index (κ3) is 5.85. The van der Waals surface area contributed by atoms with Crippen molar-refractivity contribution in [2.45, 2.75) is 39.0 Å². The summed E-state index contributed by atoms with van der Waals surface area (Å²) in [6.07, 6.45) is 4.70. The number of hydrogen-bond donors (Lipinski definition) is 2. The Labute approximate surface area is 119 Å². The lowest BCUT2D eigenvalue weighted by Gasteiger charge is -2.06. The molecule has 0 spiro atoms. The molecule has 108 valence electrons. The highest BCUT2D eigenvalue weighted by Crippen LogP contribution is 2.14. The molecule has 1 aromatic carbocycles. The zero-order valence-electron chi connectivity index (χ0n) is 11.8. The van der Waals surface area contributed by atoms with Crippen molar-refractivity contribution >= 4 is 11.6 Å². The van der Waals surface area contributed by atoms with Gasteiger partial charge in [0.2, 0.25) is 5.91 Å². The highest BCUT2D eigenvalue weighted by atomic mass is 19.1. The fourth-order valence-electron chi connectivity index (χ4n) is 1.78. The summed E-state index contributed by atoms with van der Waals surface area (Å²) in [5, 5.41) is 2.76. The Balaban J connectivity index is 2.57. The van der Waals surface area contributed by atoms with E-state index < -0.39 is 5.82 Å². The highest BCUT2D eigenvalue weighted by molar-refractivity contribution is 5.90. The highest BCUT2D eigenvalue weighted by Gasteiger charge is 2.05. The van der Waals surface area contributed by atoms with Gasteiger partial charge in [-0.3, -0.25) is 4.79 Å². The molecule has 0 bridgehead atoms. The molecule has 0 atom stereocenters. The van der Waals surface area contributed by atoms with E-state index in [9.17, 15) is 9.18 Å². The maximum Gasteiger partial charge on any atom is 0.224 e. The second kappa shape index (κ2) is 9.11. The molecule has 4 heteroatoms. The van der Waals surface area contributed by atoms with Gasteiger partial charge in [0.05, 0.1) is 12.1 Å². The molecule has 1 aromatic rings. The van der Waals surface area contributed by atoms with Crippen LogP contribution in [0.3, 0.4) is 0 Å². The Morgan fingerprint density at radius 2 is 2.15 bits per heavy atom. The molecule has 0 fully saturated rings. The minimum absolute atomic E-state index is 0.0505. The third-order valence-corrected chi connectivity index (χ3v) is 2.83. The van der Waals surface area contributed by atoms with Crippen molar-refractivity contribution in [3.63, 3.8) is 0 Å². The number of amides is 1. The Morgan fingerprint density at radius 3 is 2.85 bits per heavy atom. The number of carbonyl (C=O) groups excluding carboxylic acids is 1. The smallest absolute Gasteiger partial charge is 0.224 e. The molecule has 0 heterocycles. The Morgan fingerprint density at radius 1 is 1.35 bits per heavy atom. The van der Waals surface area contributed by atoms with E-state index in [1.807, 2.05) is 0 Å². The van der Waals surface area contributed by atoms with E-state index in [0.29, 0.717) is 12.1 Å². The van der Waals surface area contributed by atoms with Crippen LogP contribution in [0, 0.1) is 17.7 Å². The maximum atomic E-state index is 13.5. The van der Waals surface area contributed by atoms with Gasteiger partial charge in [-0.15, -0.1) is 0 Å². The van der Waals surface area contributed by atoms with Crippen LogP contribution >= 0.6 is 0 Å². The van der Waals surface area contributed by atoms with Gasteiger partial charge in [0.1, 0.15) is 5.82 Å². The molecule has 20 heavy (non-hydrogen) atoms. The molecule has 0 saturated carbocycles. The average molecular weight is 276 g/mol. The number of halogens is 1. The summed E-state index contributed by atoms with van der Waals surface area (Å²) in [7, 11) is 0. The molecule has 0 aliphatic heterocycles. The lowest BCUT2D eigenvalue weighted by molar-refractivity contribution is -0.116. The predicted molar refractivity (Wildman–Crippen MR) is 79.7 cm³/mol. The van der Waals surface area contributed by atoms with Crippen molar-refractivity contribution in [2.75, 3.05) is 11.9 Å². The van der Waals surface area contributed by atoms with Gasteiger partial charge < -0.3 is 11.1 Å². The van der Waals surface area contributed by atoms with Crippen LogP contribution < -0.4 is 11.1 Å². The number of nitrogens with one attached hydrogen (secondary N) is 1. The van der Waals surface area contributed by atoms with Crippen LogP contribution in [0.4, 0.5) is 10.1 Å². The van der Waals surface area contributed by atoms with Crippen molar-refractivity contribution in [1.82, 2.24) is 0 Å². The van der Waals surface area contributed by atoms with E-state index in [1.165, 1.54) is 18.2 Å². The monoisotopic (exact) mass is 276 g/mol. The lowest BCUT2D eigenvalue weighted by Crippen LogP contribution is -2.11. The summed E-state index contributed by atoms with van der Waals surface area (Å²) in [5.41, 5.74) is 6.07. The van der Waals surface area contributed by atoms with E-state index in [0.717, 1.165) is 25.7 Å². The van der Waals surface area contributed by atoms with E-state index >= 15 is 0 Å². The molecule has 1 rings (SSSR count). The zero-order chi connectivity index (χ0) is 14.8. The minimum Gasteiger partial charge on any atom is -0.326 e. The van der Waals surface area contributed by atoms with Crippen molar-refractivity contribution in [1.29, 1.82) is 0 Å². The number of nitrogens with two attached hydrogens (primary N) is 1. The molecular formula is C16H21FN2O. The van der Waals surface area contributed by atoms with Gasteiger partial charge in [0, 0.05) is 12.1 Å². The van der Waals surface area contributed by atoms with Crippen molar-refractivity contribution in [2.24, 2.45) is 5.73 Å². The van der Waals surface area contributed by atoms with Crippen LogP contribution in [0.15, 0.2) is 18.2 Å². The fourth-order valence-corrected chi connectivity index (χ4v) is 1.78. The molecule has 0 aromatic heterocycles. The standard InChI is InChI=1S/C16H21FN2O/c1-2-3-4-5-8-16(20)19-14-9-10-15(17)13(12-14)7-6-11-18/h9-10,12H,2-5,8,11,18H2,1H3,(H,19,20). The van der Waals surface area contributed by atoms with E-state index in [1.54, 1.807) is 0 Å². The SMILES string of the molecule is CCCCCCC(=O)Nc1ccc(F)c(C#CCN)c1. The molecule has 0 saturated heterocycles. The summed E-state index contributed by atoms with van der Waals surface area (Å²) in [6.45, 7) is 2.30. The quantitative estimate of drug-likeness (QED) is 0.620. The van der Waals surface area contributed by atoms with Gasteiger partial charge in [0.25, 0.3) is 0 Å². The fraction of sp³-hybridized carbons (Fsp3) is 0.438. The topological polar surface area (TPSA) is 55.1 Å². The van der Waals surface area contributed by atoms with Crippen molar-refractivity contribution in [3.8, 4) is 11.8 Å². The Hall–Kier alpha value is -1.86. The molecule has 3 N–H and O–H groups in total. The first-order valence-electron chi connectivity index (χ1n) is 6.95. The van der Waals surface area contributed by atoms with Crippen LogP contribution in [-0.2, 0) is 4.79 Å². The van der Waals surface area contributed by atoms with Gasteiger partial charge in [-0.25, -0.2) is 4.39 Å². The number of rotatable bonds is 6. The summed E-state index contributed by atoms with van der Waals surface area (Å²) in [6, 6.07) is 4.36. The maximum absolute atomic E-state index is 13.5. The minimum atomic E-state index is -0.410. The molecular weight excluding hydrogens is 255 g/mol. The largest absolute Gasteiger partial charge is 0.326 e. The first-order chi connectivity index (χ1) is 9.67.